The standard InChI is InChI=1S/C24H25F2N3O2S/c25-18-4-3-5-19(26)17(18)13-10-15-8-11-16(12-9-15)27-22(30)7-2-1-6-21-23-20(14-32-21)28-24(31)29-23/h3-5,8-13,20-21,23H,1-2,6-7,14H2,(H,27,30)(H2,28,29,31)/b13-10+. The van der Waals surface area contributed by atoms with Crippen molar-refractivity contribution in [1.82, 2.24) is 10.6 Å². The van der Waals surface area contributed by atoms with E-state index in [-0.39, 0.29) is 29.6 Å². The molecular formula is C24H25F2N3O2S. The van der Waals surface area contributed by atoms with Crippen molar-refractivity contribution in [3.8, 4) is 0 Å². The zero-order valence-electron chi connectivity index (χ0n) is 17.4. The van der Waals surface area contributed by atoms with Gasteiger partial charge >= 0.3 is 6.03 Å². The van der Waals surface area contributed by atoms with Gasteiger partial charge in [-0.3, -0.25) is 4.79 Å². The third-order valence-corrected chi connectivity index (χ3v) is 7.23. The number of halogens is 2. The van der Waals surface area contributed by atoms with Crippen molar-refractivity contribution in [1.29, 1.82) is 0 Å². The number of rotatable bonds is 8. The van der Waals surface area contributed by atoms with Crippen LogP contribution in [0.2, 0.25) is 0 Å². The Bertz CT molecular complexity index is 993. The summed E-state index contributed by atoms with van der Waals surface area (Å²) in [5.41, 5.74) is 1.37. The van der Waals surface area contributed by atoms with E-state index in [1.54, 1.807) is 30.3 Å². The first-order chi connectivity index (χ1) is 15.5. The zero-order valence-corrected chi connectivity index (χ0v) is 18.3. The van der Waals surface area contributed by atoms with Gasteiger partial charge in [0, 0.05) is 28.7 Å². The number of carbonyl (C=O) groups excluding carboxylic acids is 2. The molecule has 3 atom stereocenters. The average Bonchev–Trinajstić information content (AvgIpc) is 3.31. The van der Waals surface area contributed by atoms with Gasteiger partial charge in [-0.2, -0.15) is 11.8 Å². The lowest BCUT2D eigenvalue weighted by Gasteiger charge is -2.16. The molecule has 0 saturated carbocycles. The van der Waals surface area contributed by atoms with E-state index in [9.17, 15) is 18.4 Å². The minimum Gasteiger partial charge on any atom is -0.332 e. The molecule has 0 aromatic heterocycles. The molecule has 168 valence electrons. The molecular weight excluding hydrogens is 432 g/mol. The van der Waals surface area contributed by atoms with Crippen LogP contribution in [-0.4, -0.2) is 35.0 Å². The minimum atomic E-state index is -0.610. The van der Waals surface area contributed by atoms with Gasteiger partial charge in [0.15, 0.2) is 0 Å². The number of amides is 3. The Balaban J connectivity index is 1.19. The van der Waals surface area contributed by atoms with Gasteiger partial charge in [-0.1, -0.05) is 30.7 Å². The summed E-state index contributed by atoms with van der Waals surface area (Å²) < 4.78 is 27.4. The second kappa shape index (κ2) is 10.2. The molecule has 2 aliphatic heterocycles. The molecule has 0 aliphatic carbocycles. The van der Waals surface area contributed by atoms with Crippen LogP contribution >= 0.6 is 11.8 Å². The van der Waals surface area contributed by atoms with Crippen LogP contribution in [0.4, 0.5) is 19.3 Å². The molecule has 3 N–H and O–H groups in total. The van der Waals surface area contributed by atoms with Crippen LogP contribution < -0.4 is 16.0 Å². The monoisotopic (exact) mass is 457 g/mol. The molecule has 0 bridgehead atoms. The molecule has 2 fully saturated rings. The number of thioether (sulfide) groups is 1. The Kier molecular flexibility index (Phi) is 7.09. The summed E-state index contributed by atoms with van der Waals surface area (Å²) in [6, 6.07) is 11.2. The first-order valence-electron chi connectivity index (χ1n) is 10.7. The molecule has 5 nitrogen and oxygen atoms in total. The van der Waals surface area contributed by atoms with E-state index < -0.39 is 11.6 Å². The summed E-state index contributed by atoms with van der Waals surface area (Å²) in [5, 5.41) is 9.20. The summed E-state index contributed by atoms with van der Waals surface area (Å²) >= 11 is 1.88. The third-order valence-electron chi connectivity index (χ3n) is 5.72. The van der Waals surface area contributed by atoms with E-state index >= 15 is 0 Å². The van der Waals surface area contributed by atoms with Gasteiger partial charge in [-0.05, 0) is 48.7 Å². The average molecular weight is 458 g/mol. The molecule has 0 radical (unpaired) electrons. The summed E-state index contributed by atoms with van der Waals surface area (Å²) in [5.74, 6) is -0.327. The van der Waals surface area contributed by atoms with Gasteiger partial charge in [-0.25, -0.2) is 13.6 Å². The van der Waals surface area contributed by atoms with Gasteiger partial charge < -0.3 is 16.0 Å². The Labute approximate surface area is 190 Å². The van der Waals surface area contributed by atoms with E-state index in [1.807, 2.05) is 11.8 Å². The molecule has 4 rings (SSSR count). The first kappa shape index (κ1) is 22.3. The number of carbonyl (C=O) groups is 2. The maximum Gasteiger partial charge on any atom is 0.315 e. The molecule has 2 aromatic rings. The van der Waals surface area contributed by atoms with Gasteiger partial charge in [0.25, 0.3) is 0 Å². The lowest BCUT2D eigenvalue weighted by Crippen LogP contribution is -2.36. The molecule has 2 aliphatic rings. The maximum absolute atomic E-state index is 13.7. The van der Waals surface area contributed by atoms with Crippen molar-refractivity contribution < 1.29 is 18.4 Å². The minimum absolute atomic E-state index is 0.0468. The number of hydrogen-bond acceptors (Lipinski definition) is 3. The second-order valence-electron chi connectivity index (χ2n) is 8.01. The van der Waals surface area contributed by atoms with Crippen molar-refractivity contribution in [2.24, 2.45) is 0 Å². The number of unbranched alkanes of at least 4 members (excludes halogenated alkanes) is 1. The Hall–Kier alpha value is -2.87. The molecule has 3 unspecified atom stereocenters. The van der Waals surface area contributed by atoms with E-state index in [0.717, 1.165) is 30.6 Å². The first-order valence-corrected chi connectivity index (χ1v) is 11.7. The van der Waals surface area contributed by atoms with Crippen LogP contribution in [-0.2, 0) is 4.79 Å². The predicted octanol–water partition coefficient (Wildman–Crippen LogP) is 4.80. The van der Waals surface area contributed by atoms with Gasteiger partial charge in [0.05, 0.1) is 12.1 Å². The molecule has 2 aromatic carbocycles. The fourth-order valence-electron chi connectivity index (χ4n) is 4.02. The highest BCUT2D eigenvalue weighted by molar-refractivity contribution is 8.00. The molecule has 2 saturated heterocycles. The van der Waals surface area contributed by atoms with Crippen molar-refractivity contribution in [3.05, 3.63) is 65.2 Å². The second-order valence-corrected chi connectivity index (χ2v) is 9.28. The van der Waals surface area contributed by atoms with Crippen LogP contribution in [0, 0.1) is 11.6 Å². The molecule has 8 heteroatoms. The van der Waals surface area contributed by atoms with E-state index in [2.05, 4.69) is 16.0 Å². The summed E-state index contributed by atoms with van der Waals surface area (Å²) in [6.45, 7) is 0. The van der Waals surface area contributed by atoms with Crippen molar-refractivity contribution in [3.63, 3.8) is 0 Å². The molecule has 3 amide bonds. The Morgan fingerprint density at radius 2 is 1.81 bits per heavy atom. The van der Waals surface area contributed by atoms with Crippen LogP contribution in [0.5, 0.6) is 0 Å². The van der Waals surface area contributed by atoms with Crippen molar-refractivity contribution >= 4 is 41.5 Å². The number of nitrogens with one attached hydrogen (secondary N) is 3. The number of hydrogen-bond donors (Lipinski definition) is 3. The lowest BCUT2D eigenvalue weighted by molar-refractivity contribution is -0.116. The number of urea groups is 1. The highest BCUT2D eigenvalue weighted by Crippen LogP contribution is 2.33. The molecule has 2 heterocycles. The van der Waals surface area contributed by atoms with Crippen molar-refractivity contribution in [2.75, 3.05) is 11.1 Å². The molecule has 32 heavy (non-hydrogen) atoms. The largest absolute Gasteiger partial charge is 0.332 e. The highest BCUT2D eigenvalue weighted by atomic mass is 32.2. The topological polar surface area (TPSA) is 70.2 Å². The van der Waals surface area contributed by atoms with Gasteiger partial charge in [0.1, 0.15) is 11.6 Å². The lowest BCUT2D eigenvalue weighted by atomic mass is 10.0. The van der Waals surface area contributed by atoms with Crippen LogP contribution in [0.1, 0.15) is 36.8 Å². The number of fused-ring (bicyclic) bond motifs is 1. The Morgan fingerprint density at radius 1 is 1.06 bits per heavy atom. The van der Waals surface area contributed by atoms with Crippen molar-refractivity contribution in [2.45, 2.75) is 43.0 Å². The third kappa shape index (κ3) is 5.48. The van der Waals surface area contributed by atoms with Crippen LogP contribution in [0.25, 0.3) is 12.2 Å². The molecule has 0 spiro atoms. The maximum atomic E-state index is 13.7. The van der Waals surface area contributed by atoms with E-state index in [1.165, 1.54) is 24.3 Å². The smallest absolute Gasteiger partial charge is 0.315 e. The fourth-order valence-corrected chi connectivity index (χ4v) is 5.57. The Morgan fingerprint density at radius 3 is 2.56 bits per heavy atom. The summed E-state index contributed by atoms with van der Waals surface area (Å²) in [4.78, 5) is 23.7. The number of benzene rings is 2. The fraction of sp³-hybridized carbons (Fsp3) is 0.333. The quantitative estimate of drug-likeness (QED) is 0.303. The SMILES string of the molecule is O=C(CCCCC1SCC2NC(=O)NC21)Nc1ccc(/C=C/c2c(F)cccc2F)cc1. The van der Waals surface area contributed by atoms with Crippen LogP contribution in [0.15, 0.2) is 42.5 Å². The van der Waals surface area contributed by atoms with Gasteiger partial charge in [-0.15, -0.1) is 0 Å². The normalized spacial score (nSPS) is 21.9. The number of anilines is 1. The highest BCUT2D eigenvalue weighted by Gasteiger charge is 2.42. The summed E-state index contributed by atoms with van der Waals surface area (Å²) in [6.07, 6.45) is 6.16. The van der Waals surface area contributed by atoms with E-state index in [4.69, 9.17) is 0 Å². The predicted molar refractivity (Wildman–Crippen MR) is 124 cm³/mol. The van der Waals surface area contributed by atoms with Crippen LogP contribution in [0.3, 0.4) is 0 Å². The zero-order chi connectivity index (χ0) is 22.5. The van der Waals surface area contributed by atoms with Gasteiger partial charge in [0.2, 0.25) is 5.91 Å². The van der Waals surface area contributed by atoms with E-state index in [0.29, 0.717) is 17.4 Å². The summed E-state index contributed by atoms with van der Waals surface area (Å²) in [7, 11) is 0.